The lowest BCUT2D eigenvalue weighted by molar-refractivity contribution is -0.129. The fraction of sp³-hybridized carbons (Fsp3) is 0.409. The highest BCUT2D eigenvalue weighted by molar-refractivity contribution is 7.98. The standard InChI is InChI=1S/C22H26N4O3S/c1-25-19-8-4-3-7-17(19)23-21(25)18(9-11-30-2)24-22(28)15-12-20(27)26(13-15)14-16-6-5-10-29-16/h3-8,10,15,18H,9,11-14H2,1-2H3,(H,24,28). The highest BCUT2D eigenvalue weighted by atomic mass is 32.2. The Morgan fingerprint density at radius 2 is 2.17 bits per heavy atom. The summed E-state index contributed by atoms with van der Waals surface area (Å²) in [5.74, 6) is 2.00. The number of nitrogens with one attached hydrogen (secondary N) is 1. The number of rotatable bonds is 8. The van der Waals surface area contributed by atoms with Crippen LogP contribution in [0.15, 0.2) is 47.1 Å². The van der Waals surface area contributed by atoms with E-state index in [-0.39, 0.29) is 30.2 Å². The topological polar surface area (TPSA) is 80.4 Å². The molecule has 1 saturated heterocycles. The molecule has 8 heteroatoms. The quantitative estimate of drug-likeness (QED) is 0.599. The molecule has 2 atom stereocenters. The monoisotopic (exact) mass is 426 g/mol. The largest absolute Gasteiger partial charge is 0.467 e. The highest BCUT2D eigenvalue weighted by Gasteiger charge is 2.36. The number of thioether (sulfide) groups is 1. The first-order chi connectivity index (χ1) is 14.6. The number of nitrogens with zero attached hydrogens (tertiary/aromatic N) is 3. The van der Waals surface area contributed by atoms with Gasteiger partial charge in [0.1, 0.15) is 11.6 Å². The normalized spacial score (nSPS) is 17.6. The summed E-state index contributed by atoms with van der Waals surface area (Å²) in [7, 11) is 1.98. The molecule has 2 amide bonds. The minimum absolute atomic E-state index is 0.0186. The van der Waals surface area contributed by atoms with Crippen molar-refractivity contribution in [2.45, 2.75) is 25.4 Å². The Labute approximate surface area is 179 Å². The van der Waals surface area contributed by atoms with E-state index in [4.69, 9.17) is 9.40 Å². The van der Waals surface area contributed by atoms with Crippen molar-refractivity contribution >= 4 is 34.6 Å². The second-order valence-electron chi connectivity index (χ2n) is 7.62. The number of furan rings is 1. The van der Waals surface area contributed by atoms with Gasteiger partial charge in [-0.05, 0) is 42.7 Å². The van der Waals surface area contributed by atoms with Gasteiger partial charge in [0, 0.05) is 20.0 Å². The van der Waals surface area contributed by atoms with Gasteiger partial charge in [0.25, 0.3) is 0 Å². The second kappa shape index (κ2) is 8.95. The van der Waals surface area contributed by atoms with E-state index in [0.717, 1.165) is 34.8 Å². The number of aryl methyl sites for hydroxylation is 1. The van der Waals surface area contributed by atoms with Gasteiger partial charge in [-0.15, -0.1) is 0 Å². The van der Waals surface area contributed by atoms with E-state index in [9.17, 15) is 9.59 Å². The predicted octanol–water partition coefficient (Wildman–Crippen LogP) is 3.13. The first-order valence-corrected chi connectivity index (χ1v) is 11.5. The molecule has 0 spiro atoms. The molecule has 0 saturated carbocycles. The van der Waals surface area contributed by atoms with Crippen molar-refractivity contribution in [2.24, 2.45) is 13.0 Å². The lowest BCUT2D eigenvalue weighted by Crippen LogP contribution is -2.36. The molecule has 7 nitrogen and oxygen atoms in total. The van der Waals surface area contributed by atoms with Gasteiger partial charge in [-0.2, -0.15) is 11.8 Å². The molecule has 2 unspecified atom stereocenters. The fourth-order valence-corrected chi connectivity index (χ4v) is 4.43. The summed E-state index contributed by atoms with van der Waals surface area (Å²) in [6.07, 6.45) is 4.65. The second-order valence-corrected chi connectivity index (χ2v) is 8.60. The van der Waals surface area contributed by atoms with Crippen molar-refractivity contribution in [1.29, 1.82) is 0 Å². The van der Waals surface area contributed by atoms with E-state index >= 15 is 0 Å². The Hall–Kier alpha value is -2.74. The number of likely N-dealkylation sites (tertiary alicyclic amines) is 1. The fourth-order valence-electron chi connectivity index (χ4n) is 3.96. The van der Waals surface area contributed by atoms with Crippen LogP contribution in [0.3, 0.4) is 0 Å². The van der Waals surface area contributed by atoms with Crippen molar-refractivity contribution in [2.75, 3.05) is 18.6 Å². The van der Waals surface area contributed by atoms with Crippen LogP contribution in [-0.4, -0.2) is 44.8 Å². The van der Waals surface area contributed by atoms with Gasteiger partial charge in [-0.25, -0.2) is 4.98 Å². The number of hydrogen-bond donors (Lipinski definition) is 1. The summed E-state index contributed by atoms with van der Waals surface area (Å²) in [5, 5.41) is 3.17. The Morgan fingerprint density at radius 3 is 2.90 bits per heavy atom. The average Bonchev–Trinajstić information content (AvgIpc) is 3.46. The van der Waals surface area contributed by atoms with Gasteiger partial charge in [0.05, 0.1) is 35.8 Å². The number of para-hydroxylation sites is 2. The van der Waals surface area contributed by atoms with Crippen molar-refractivity contribution in [3.8, 4) is 0 Å². The molecule has 2 aromatic heterocycles. The third kappa shape index (κ3) is 4.23. The molecule has 1 N–H and O–H groups in total. The Kier molecular flexibility index (Phi) is 6.13. The minimum atomic E-state index is -0.362. The number of fused-ring (bicyclic) bond motifs is 1. The van der Waals surface area contributed by atoms with Gasteiger partial charge >= 0.3 is 0 Å². The van der Waals surface area contributed by atoms with Crippen LogP contribution in [0.2, 0.25) is 0 Å². The summed E-state index contributed by atoms with van der Waals surface area (Å²) in [5.41, 5.74) is 1.95. The molecule has 0 radical (unpaired) electrons. The lowest BCUT2D eigenvalue weighted by Gasteiger charge is -2.21. The molecule has 1 aliphatic rings. The molecule has 3 heterocycles. The molecule has 30 heavy (non-hydrogen) atoms. The molecule has 1 fully saturated rings. The van der Waals surface area contributed by atoms with Crippen molar-refractivity contribution in [1.82, 2.24) is 19.8 Å². The zero-order valence-corrected chi connectivity index (χ0v) is 18.0. The van der Waals surface area contributed by atoms with E-state index < -0.39 is 0 Å². The van der Waals surface area contributed by atoms with Crippen LogP contribution in [0.1, 0.15) is 30.5 Å². The van der Waals surface area contributed by atoms with Crippen LogP contribution in [-0.2, 0) is 23.2 Å². The molecule has 0 bridgehead atoms. The van der Waals surface area contributed by atoms with Crippen LogP contribution in [0, 0.1) is 5.92 Å². The molecular weight excluding hydrogens is 400 g/mol. The molecule has 3 aromatic rings. The lowest BCUT2D eigenvalue weighted by atomic mass is 10.1. The molecule has 0 aliphatic carbocycles. The summed E-state index contributed by atoms with van der Waals surface area (Å²) in [4.78, 5) is 31.9. The van der Waals surface area contributed by atoms with Gasteiger partial charge in [-0.3, -0.25) is 9.59 Å². The van der Waals surface area contributed by atoms with E-state index in [1.165, 1.54) is 0 Å². The zero-order chi connectivity index (χ0) is 21.1. The van der Waals surface area contributed by atoms with Crippen LogP contribution in [0.4, 0.5) is 0 Å². The van der Waals surface area contributed by atoms with E-state index in [0.29, 0.717) is 13.1 Å². The molecule has 4 rings (SSSR count). The average molecular weight is 427 g/mol. The predicted molar refractivity (Wildman–Crippen MR) is 117 cm³/mol. The Bertz CT molecular complexity index is 1030. The van der Waals surface area contributed by atoms with Crippen molar-refractivity contribution < 1.29 is 14.0 Å². The summed E-state index contributed by atoms with van der Waals surface area (Å²) in [6.45, 7) is 0.805. The van der Waals surface area contributed by atoms with Crippen LogP contribution < -0.4 is 5.32 Å². The summed E-state index contributed by atoms with van der Waals surface area (Å²) >= 11 is 1.74. The highest BCUT2D eigenvalue weighted by Crippen LogP contribution is 2.25. The van der Waals surface area contributed by atoms with Gasteiger partial charge in [-0.1, -0.05) is 12.1 Å². The minimum Gasteiger partial charge on any atom is -0.467 e. The van der Waals surface area contributed by atoms with E-state index in [2.05, 4.69) is 11.6 Å². The third-order valence-corrected chi connectivity index (χ3v) is 6.22. The number of benzene rings is 1. The number of aromatic nitrogens is 2. The first kappa shape index (κ1) is 20.5. The molecule has 158 valence electrons. The van der Waals surface area contributed by atoms with Crippen LogP contribution in [0.5, 0.6) is 0 Å². The maximum atomic E-state index is 13.1. The number of carbonyl (C=O) groups is 2. The van der Waals surface area contributed by atoms with E-state index in [1.807, 2.05) is 41.9 Å². The summed E-state index contributed by atoms with van der Waals surface area (Å²) < 4.78 is 7.39. The smallest absolute Gasteiger partial charge is 0.226 e. The molecule has 1 aromatic carbocycles. The Morgan fingerprint density at radius 1 is 1.33 bits per heavy atom. The van der Waals surface area contributed by atoms with E-state index in [1.54, 1.807) is 29.0 Å². The maximum absolute atomic E-state index is 13.1. The number of hydrogen-bond acceptors (Lipinski definition) is 5. The molecular formula is C22H26N4O3S. The van der Waals surface area contributed by atoms with Crippen molar-refractivity contribution in [3.05, 3.63) is 54.2 Å². The van der Waals surface area contributed by atoms with Gasteiger partial charge < -0.3 is 19.2 Å². The van der Waals surface area contributed by atoms with Crippen LogP contribution >= 0.6 is 11.8 Å². The van der Waals surface area contributed by atoms with Gasteiger partial charge in [0.15, 0.2) is 0 Å². The van der Waals surface area contributed by atoms with Gasteiger partial charge in [0.2, 0.25) is 11.8 Å². The number of amides is 2. The Balaban J connectivity index is 1.48. The maximum Gasteiger partial charge on any atom is 0.226 e. The van der Waals surface area contributed by atoms with Crippen molar-refractivity contribution in [3.63, 3.8) is 0 Å². The van der Waals surface area contributed by atoms with Crippen LogP contribution in [0.25, 0.3) is 11.0 Å². The molecule has 1 aliphatic heterocycles. The first-order valence-electron chi connectivity index (χ1n) is 10.1. The number of imidazole rings is 1. The zero-order valence-electron chi connectivity index (χ0n) is 17.2. The summed E-state index contributed by atoms with van der Waals surface area (Å²) in [6, 6.07) is 11.4. The number of carbonyl (C=O) groups excluding carboxylic acids is 2. The third-order valence-electron chi connectivity index (χ3n) is 5.57. The SMILES string of the molecule is CSCCC(NC(=O)C1CC(=O)N(Cc2ccco2)C1)c1nc2ccccc2n1C.